The fraction of sp³-hybridized carbons (Fsp3) is 0.296. The van der Waals surface area contributed by atoms with Crippen molar-refractivity contribution in [2.45, 2.75) is 24.9 Å². The molecule has 1 saturated heterocycles. The highest BCUT2D eigenvalue weighted by molar-refractivity contribution is 7.92. The SMILES string of the molecule is Cc1ccc(S(=O)(=O)N(CC(=O)NCc2ccc(CN3CCOCC3)cc2)c2cc(Cl)ccc2Cl)cc1. The average molecular weight is 563 g/mol. The van der Waals surface area contributed by atoms with Crippen LogP contribution >= 0.6 is 23.2 Å². The third kappa shape index (κ3) is 7.24. The summed E-state index contributed by atoms with van der Waals surface area (Å²) in [6.07, 6.45) is 0. The average Bonchev–Trinajstić information content (AvgIpc) is 2.89. The van der Waals surface area contributed by atoms with Gasteiger partial charge in [-0.05, 0) is 48.4 Å². The van der Waals surface area contributed by atoms with Crippen molar-refractivity contribution in [3.8, 4) is 0 Å². The molecule has 1 amide bonds. The van der Waals surface area contributed by atoms with Gasteiger partial charge < -0.3 is 10.1 Å². The Kier molecular flexibility index (Phi) is 9.10. The van der Waals surface area contributed by atoms with E-state index in [0.717, 1.165) is 48.3 Å². The van der Waals surface area contributed by atoms with Crippen LogP contribution in [0.4, 0.5) is 5.69 Å². The number of ether oxygens (including phenoxy) is 1. The third-order valence-electron chi connectivity index (χ3n) is 6.10. The van der Waals surface area contributed by atoms with Gasteiger partial charge in [-0.2, -0.15) is 0 Å². The molecule has 0 bridgehead atoms. The lowest BCUT2D eigenvalue weighted by molar-refractivity contribution is -0.119. The molecule has 37 heavy (non-hydrogen) atoms. The molecule has 0 spiro atoms. The molecule has 3 aromatic rings. The quantitative estimate of drug-likeness (QED) is 0.411. The van der Waals surface area contributed by atoms with Gasteiger partial charge in [0.05, 0.1) is 28.8 Å². The van der Waals surface area contributed by atoms with Crippen LogP contribution in [0.1, 0.15) is 16.7 Å². The molecule has 0 radical (unpaired) electrons. The molecule has 1 aliphatic heterocycles. The Morgan fingerprint density at radius 2 is 1.62 bits per heavy atom. The first-order chi connectivity index (χ1) is 17.7. The number of rotatable bonds is 9. The number of carbonyl (C=O) groups is 1. The van der Waals surface area contributed by atoms with Crippen molar-refractivity contribution in [3.05, 3.63) is 93.5 Å². The van der Waals surface area contributed by atoms with E-state index in [9.17, 15) is 13.2 Å². The first kappa shape index (κ1) is 27.4. The molecule has 4 rings (SSSR count). The van der Waals surface area contributed by atoms with Gasteiger partial charge in [-0.25, -0.2) is 8.42 Å². The standard InChI is InChI=1S/C27H29Cl2N3O4S/c1-20-2-9-24(10-3-20)37(34,35)32(26-16-23(28)8-11-25(26)29)19-27(33)30-17-21-4-6-22(7-5-21)18-31-12-14-36-15-13-31/h2-11,16H,12-15,17-19H2,1H3,(H,30,33). The number of amides is 1. The van der Waals surface area contributed by atoms with Gasteiger partial charge in [0.1, 0.15) is 6.54 Å². The lowest BCUT2D eigenvalue weighted by Gasteiger charge is -2.26. The molecule has 7 nitrogen and oxygen atoms in total. The van der Waals surface area contributed by atoms with Gasteiger partial charge in [0.25, 0.3) is 10.0 Å². The van der Waals surface area contributed by atoms with Gasteiger partial charge in [0.2, 0.25) is 5.91 Å². The lowest BCUT2D eigenvalue weighted by Crippen LogP contribution is -2.40. The summed E-state index contributed by atoms with van der Waals surface area (Å²) in [7, 11) is -4.09. The summed E-state index contributed by atoms with van der Waals surface area (Å²) in [6.45, 7) is 5.85. The smallest absolute Gasteiger partial charge is 0.264 e. The van der Waals surface area contributed by atoms with Crippen LogP contribution in [0.15, 0.2) is 71.6 Å². The molecular weight excluding hydrogens is 533 g/mol. The van der Waals surface area contributed by atoms with Crippen molar-refractivity contribution in [3.63, 3.8) is 0 Å². The zero-order valence-electron chi connectivity index (χ0n) is 20.5. The highest BCUT2D eigenvalue weighted by Crippen LogP contribution is 2.33. The molecule has 1 aliphatic rings. The summed E-state index contributed by atoms with van der Waals surface area (Å²) in [5.74, 6) is -0.468. The Morgan fingerprint density at radius 1 is 0.973 bits per heavy atom. The molecule has 0 atom stereocenters. The number of hydrogen-bond donors (Lipinski definition) is 1. The van der Waals surface area contributed by atoms with Crippen molar-refractivity contribution in [2.24, 2.45) is 0 Å². The zero-order chi connectivity index (χ0) is 26.4. The van der Waals surface area contributed by atoms with Crippen molar-refractivity contribution in [2.75, 3.05) is 37.2 Å². The van der Waals surface area contributed by atoms with Crippen molar-refractivity contribution < 1.29 is 17.9 Å². The molecule has 0 unspecified atom stereocenters. The molecule has 3 aromatic carbocycles. The van der Waals surface area contributed by atoms with Crippen LogP contribution in [0.2, 0.25) is 10.0 Å². The molecule has 0 saturated carbocycles. The van der Waals surface area contributed by atoms with E-state index in [-0.39, 0.29) is 22.2 Å². The largest absolute Gasteiger partial charge is 0.379 e. The van der Waals surface area contributed by atoms with Gasteiger partial charge in [0.15, 0.2) is 0 Å². The fourth-order valence-corrected chi connectivity index (χ4v) is 5.85. The minimum atomic E-state index is -4.09. The molecule has 1 heterocycles. The van der Waals surface area contributed by atoms with E-state index in [1.165, 1.54) is 29.8 Å². The van der Waals surface area contributed by atoms with Crippen molar-refractivity contribution in [1.82, 2.24) is 10.2 Å². The summed E-state index contributed by atoms with van der Waals surface area (Å²) < 4.78 is 33.5. The highest BCUT2D eigenvalue weighted by Gasteiger charge is 2.29. The van der Waals surface area contributed by atoms with E-state index in [2.05, 4.69) is 10.2 Å². The zero-order valence-corrected chi connectivity index (χ0v) is 22.8. The van der Waals surface area contributed by atoms with Gasteiger partial charge >= 0.3 is 0 Å². The molecule has 0 aromatic heterocycles. The summed E-state index contributed by atoms with van der Waals surface area (Å²) in [6, 6.07) is 18.9. The van der Waals surface area contributed by atoms with Crippen molar-refractivity contribution >= 4 is 44.8 Å². The van der Waals surface area contributed by atoms with Gasteiger partial charge in [-0.15, -0.1) is 0 Å². The van der Waals surface area contributed by atoms with Crippen LogP contribution in [0, 0.1) is 6.92 Å². The molecule has 196 valence electrons. The minimum Gasteiger partial charge on any atom is -0.379 e. The Morgan fingerprint density at radius 3 is 2.30 bits per heavy atom. The van der Waals surface area contributed by atoms with E-state index in [1.54, 1.807) is 18.2 Å². The van der Waals surface area contributed by atoms with E-state index in [1.807, 2.05) is 31.2 Å². The van der Waals surface area contributed by atoms with E-state index >= 15 is 0 Å². The number of nitrogens with zero attached hydrogens (tertiary/aromatic N) is 2. The Hall–Kier alpha value is -2.62. The number of hydrogen-bond acceptors (Lipinski definition) is 5. The summed E-state index contributed by atoms with van der Waals surface area (Å²) >= 11 is 12.5. The highest BCUT2D eigenvalue weighted by atomic mass is 35.5. The molecule has 0 aliphatic carbocycles. The number of sulfonamides is 1. The summed E-state index contributed by atoms with van der Waals surface area (Å²) in [5, 5.41) is 3.30. The van der Waals surface area contributed by atoms with E-state index < -0.39 is 22.5 Å². The maximum absolute atomic E-state index is 13.6. The second-order valence-corrected chi connectivity index (χ2v) is 11.6. The second-order valence-electron chi connectivity index (χ2n) is 8.90. The third-order valence-corrected chi connectivity index (χ3v) is 8.42. The van der Waals surface area contributed by atoms with Crippen molar-refractivity contribution in [1.29, 1.82) is 0 Å². The first-order valence-electron chi connectivity index (χ1n) is 11.9. The fourth-order valence-electron chi connectivity index (χ4n) is 3.98. The number of benzene rings is 3. The molecule has 1 N–H and O–H groups in total. The van der Waals surface area contributed by atoms with E-state index in [4.69, 9.17) is 27.9 Å². The number of nitrogens with one attached hydrogen (secondary N) is 1. The number of anilines is 1. The van der Waals surface area contributed by atoms with Gasteiger partial charge in [-0.1, -0.05) is 65.2 Å². The molecular formula is C27H29Cl2N3O4S. The number of halogens is 2. The van der Waals surface area contributed by atoms with Crippen LogP contribution in [-0.4, -0.2) is 52.1 Å². The second kappa shape index (κ2) is 12.3. The Balaban J connectivity index is 1.46. The van der Waals surface area contributed by atoms with Crippen LogP contribution in [0.5, 0.6) is 0 Å². The maximum Gasteiger partial charge on any atom is 0.264 e. The number of aryl methyl sites for hydroxylation is 1. The first-order valence-corrected chi connectivity index (χ1v) is 14.1. The van der Waals surface area contributed by atoms with Crippen LogP contribution in [0.3, 0.4) is 0 Å². The Bertz CT molecular complexity index is 1330. The normalized spacial score (nSPS) is 14.4. The predicted molar refractivity (Wildman–Crippen MR) is 147 cm³/mol. The van der Waals surface area contributed by atoms with Crippen LogP contribution in [0.25, 0.3) is 0 Å². The summed E-state index contributed by atoms with van der Waals surface area (Å²) in [4.78, 5) is 15.3. The van der Waals surface area contributed by atoms with E-state index in [0.29, 0.717) is 5.02 Å². The van der Waals surface area contributed by atoms with Crippen LogP contribution in [-0.2, 0) is 32.6 Å². The monoisotopic (exact) mass is 561 g/mol. The Labute approximate surface area is 228 Å². The summed E-state index contributed by atoms with van der Waals surface area (Å²) in [5.41, 5.74) is 3.15. The van der Waals surface area contributed by atoms with Gasteiger partial charge in [-0.3, -0.25) is 14.0 Å². The number of morpholine rings is 1. The van der Waals surface area contributed by atoms with Gasteiger partial charge in [0, 0.05) is 31.2 Å². The predicted octanol–water partition coefficient (Wildman–Crippen LogP) is 4.65. The number of carbonyl (C=O) groups excluding carboxylic acids is 1. The maximum atomic E-state index is 13.6. The molecule has 10 heteroatoms. The molecule has 1 fully saturated rings. The lowest BCUT2D eigenvalue weighted by atomic mass is 10.1. The van der Waals surface area contributed by atoms with Crippen LogP contribution < -0.4 is 9.62 Å². The minimum absolute atomic E-state index is 0.0535. The topological polar surface area (TPSA) is 79.0 Å².